The van der Waals surface area contributed by atoms with Crippen molar-refractivity contribution in [1.82, 2.24) is 0 Å². The fourth-order valence-corrected chi connectivity index (χ4v) is 7.40. The molecule has 0 saturated carbocycles. The summed E-state index contributed by atoms with van der Waals surface area (Å²) in [5.41, 5.74) is 0. The van der Waals surface area contributed by atoms with Crippen molar-refractivity contribution >= 4 is 25.5 Å². The van der Waals surface area contributed by atoms with Crippen LogP contribution in [0.5, 0.6) is 0 Å². The van der Waals surface area contributed by atoms with Gasteiger partial charge in [0.25, 0.3) is 0 Å². The Bertz CT molecular complexity index is 912. The summed E-state index contributed by atoms with van der Waals surface area (Å²) in [6, 6.07) is 0. The van der Waals surface area contributed by atoms with Gasteiger partial charge in [-0.25, -0.2) is 4.57 Å². The van der Waals surface area contributed by atoms with E-state index < -0.39 is 26.5 Å². The molecule has 0 heterocycles. The quantitative estimate of drug-likeness (QED) is 0.0365. The van der Waals surface area contributed by atoms with E-state index in [0.717, 1.165) is 38.5 Å². The molecule has 1 unspecified atom stereocenters. The molecule has 0 bridgehead atoms. The Balaban J connectivity index is 4.28. The molecule has 1 N–H and O–H groups in total. The smallest absolute Gasteiger partial charge is 0.462 e. The fraction of sp³-hybridized carbons (Fsp3) is 0.932. The van der Waals surface area contributed by atoms with E-state index in [-0.39, 0.29) is 50.6 Å². The molecule has 54 heavy (non-hydrogen) atoms. The van der Waals surface area contributed by atoms with Crippen molar-refractivity contribution in [3.63, 3.8) is 0 Å². The predicted octanol–water partition coefficient (Wildman–Crippen LogP) is 13.5. The monoisotopic (exact) mass is 789 g/mol. The Morgan fingerprint density at radius 1 is 0.463 bits per heavy atom. The lowest BCUT2D eigenvalue weighted by molar-refractivity contribution is -0.161. The van der Waals surface area contributed by atoms with E-state index in [9.17, 15) is 23.8 Å². The molecule has 0 aliphatic heterocycles. The summed E-state index contributed by atoms with van der Waals surface area (Å²) in [6.45, 7) is 5.13. The number of hydrogen-bond acceptors (Lipinski definition) is 8. The third kappa shape index (κ3) is 40.4. The van der Waals surface area contributed by atoms with Crippen LogP contribution in [0.25, 0.3) is 0 Å². The van der Waals surface area contributed by atoms with Gasteiger partial charge in [0.05, 0.1) is 13.2 Å². The van der Waals surface area contributed by atoms with E-state index in [0.29, 0.717) is 6.42 Å². The molecule has 0 radical (unpaired) electrons. The van der Waals surface area contributed by atoms with Crippen molar-refractivity contribution in [2.24, 2.45) is 0 Å². The summed E-state index contributed by atoms with van der Waals surface area (Å²) in [5.74, 6) is -0.882. The Morgan fingerprint density at radius 2 is 0.815 bits per heavy atom. The Kier molecular flexibility index (Phi) is 39.0. The molecule has 0 spiro atoms. The molecule has 2 atom stereocenters. The maximum absolute atomic E-state index is 12.6. The lowest BCUT2D eigenvalue weighted by Gasteiger charge is -2.20. The molecule has 0 fully saturated rings. The highest BCUT2D eigenvalue weighted by molar-refractivity contribution is 7.47. The fourth-order valence-electron chi connectivity index (χ4n) is 6.62. The molecule has 0 aromatic carbocycles. The average Bonchev–Trinajstić information content (AvgIpc) is 3.14. The standard InChI is InChI=1S/C44H85O9P/c1-4-6-8-10-12-14-16-18-20-22-24-26-28-30-32-36-43(46)50-39-42(40-52-54(48,49)51-38-34-35-41(3)45)53-44(47)37-33-31-29-27-25-23-21-19-17-15-13-11-9-7-5-2/h42H,4-40H2,1-3H3,(H,48,49)/t42-/m1/s1. The van der Waals surface area contributed by atoms with Crippen LogP contribution in [0.3, 0.4) is 0 Å². The SMILES string of the molecule is CCCCCCCCCCCCCCCCCC(=O)OC[C@H](COP(=O)(O)OCCCC(C)=O)OC(=O)CCCCCCCCCCCCCCCCC. The molecule has 0 aliphatic rings. The summed E-state index contributed by atoms with van der Waals surface area (Å²) < 4.78 is 33.3. The summed E-state index contributed by atoms with van der Waals surface area (Å²) >= 11 is 0. The van der Waals surface area contributed by atoms with Gasteiger partial charge in [-0.3, -0.25) is 18.6 Å². The molecule has 0 saturated heterocycles. The summed E-state index contributed by atoms with van der Waals surface area (Å²) in [6.07, 6.45) is 37.2. The lowest BCUT2D eigenvalue weighted by atomic mass is 10.0. The molecule has 0 aromatic heterocycles. The average molecular weight is 789 g/mol. The first-order valence-electron chi connectivity index (χ1n) is 22.7. The minimum atomic E-state index is -4.44. The van der Waals surface area contributed by atoms with Crippen LogP contribution in [-0.4, -0.2) is 48.5 Å². The van der Waals surface area contributed by atoms with E-state index in [1.165, 1.54) is 155 Å². The zero-order valence-corrected chi connectivity index (χ0v) is 36.3. The van der Waals surface area contributed by atoms with Crippen molar-refractivity contribution in [1.29, 1.82) is 0 Å². The van der Waals surface area contributed by atoms with E-state index in [2.05, 4.69) is 13.8 Å². The first kappa shape index (κ1) is 52.7. The molecule has 0 amide bonds. The van der Waals surface area contributed by atoms with Gasteiger partial charge in [0.15, 0.2) is 6.10 Å². The highest BCUT2D eigenvalue weighted by Crippen LogP contribution is 2.43. The van der Waals surface area contributed by atoms with Crippen LogP contribution >= 0.6 is 7.82 Å². The predicted molar refractivity (Wildman–Crippen MR) is 222 cm³/mol. The number of ketones is 1. The second kappa shape index (κ2) is 39.9. The minimum absolute atomic E-state index is 0.0421. The van der Waals surface area contributed by atoms with E-state index in [1.807, 2.05) is 0 Å². The van der Waals surface area contributed by atoms with Crippen LogP contribution < -0.4 is 0 Å². The van der Waals surface area contributed by atoms with Crippen LogP contribution in [0.4, 0.5) is 0 Å². The van der Waals surface area contributed by atoms with Gasteiger partial charge in [0.1, 0.15) is 12.4 Å². The van der Waals surface area contributed by atoms with E-state index in [4.69, 9.17) is 18.5 Å². The van der Waals surface area contributed by atoms with Crippen molar-refractivity contribution in [2.75, 3.05) is 19.8 Å². The van der Waals surface area contributed by atoms with Gasteiger partial charge in [0.2, 0.25) is 0 Å². The van der Waals surface area contributed by atoms with Gasteiger partial charge >= 0.3 is 19.8 Å². The van der Waals surface area contributed by atoms with Crippen molar-refractivity contribution < 1.29 is 42.4 Å². The second-order valence-corrected chi connectivity index (χ2v) is 17.1. The van der Waals surface area contributed by atoms with Crippen molar-refractivity contribution in [3.05, 3.63) is 0 Å². The molecular formula is C44H85O9P. The summed E-state index contributed by atoms with van der Waals surface area (Å²) in [5, 5.41) is 0. The van der Waals surface area contributed by atoms with Gasteiger partial charge in [-0.15, -0.1) is 0 Å². The number of phosphoric acid groups is 1. The number of rotatable bonds is 43. The van der Waals surface area contributed by atoms with E-state index >= 15 is 0 Å². The molecule has 320 valence electrons. The third-order valence-electron chi connectivity index (χ3n) is 10.0. The summed E-state index contributed by atoms with van der Waals surface area (Å²) in [4.78, 5) is 46.3. The topological polar surface area (TPSA) is 125 Å². The summed E-state index contributed by atoms with van der Waals surface area (Å²) in [7, 11) is -4.44. The van der Waals surface area contributed by atoms with Crippen molar-refractivity contribution in [2.45, 2.75) is 245 Å². The van der Waals surface area contributed by atoms with Crippen LogP contribution in [0.15, 0.2) is 0 Å². The first-order chi connectivity index (χ1) is 26.2. The zero-order valence-electron chi connectivity index (χ0n) is 35.4. The first-order valence-corrected chi connectivity index (χ1v) is 24.2. The van der Waals surface area contributed by atoms with Crippen LogP contribution in [0.2, 0.25) is 0 Å². The number of hydrogen-bond donors (Lipinski definition) is 1. The normalized spacial score (nSPS) is 13.1. The number of phosphoric ester groups is 1. The van der Waals surface area contributed by atoms with Gasteiger partial charge in [-0.1, -0.05) is 194 Å². The highest BCUT2D eigenvalue weighted by Gasteiger charge is 2.26. The number of Topliss-reactive ketones (excluding diaryl/α,β-unsaturated/α-hetero) is 1. The second-order valence-electron chi connectivity index (χ2n) is 15.6. The maximum atomic E-state index is 12.6. The van der Waals surface area contributed by atoms with Crippen molar-refractivity contribution in [3.8, 4) is 0 Å². The number of carbonyl (C=O) groups is 3. The third-order valence-corrected chi connectivity index (χ3v) is 11.0. The van der Waals surface area contributed by atoms with Crippen LogP contribution in [0.1, 0.15) is 239 Å². The molecular weight excluding hydrogens is 703 g/mol. The molecule has 10 heteroatoms. The van der Waals surface area contributed by atoms with Crippen LogP contribution in [0, 0.1) is 0 Å². The molecule has 0 rings (SSSR count). The lowest BCUT2D eigenvalue weighted by Crippen LogP contribution is -2.29. The highest BCUT2D eigenvalue weighted by atomic mass is 31.2. The number of carbonyl (C=O) groups excluding carboxylic acids is 3. The number of esters is 2. The van der Waals surface area contributed by atoms with Gasteiger partial charge in [-0.2, -0.15) is 0 Å². The maximum Gasteiger partial charge on any atom is 0.472 e. The van der Waals surface area contributed by atoms with Gasteiger partial charge in [-0.05, 0) is 26.2 Å². The number of unbranched alkanes of at least 4 members (excludes halogenated alkanes) is 28. The van der Waals surface area contributed by atoms with Gasteiger partial charge < -0.3 is 19.2 Å². The Labute approximate surface area is 332 Å². The Hall–Kier alpha value is -1.28. The minimum Gasteiger partial charge on any atom is -0.462 e. The van der Waals surface area contributed by atoms with Crippen LogP contribution in [-0.2, 0) is 37.5 Å². The number of ether oxygens (including phenoxy) is 2. The molecule has 0 aliphatic carbocycles. The molecule has 9 nitrogen and oxygen atoms in total. The molecule has 0 aromatic rings. The zero-order chi connectivity index (χ0) is 39.8. The van der Waals surface area contributed by atoms with E-state index in [1.54, 1.807) is 0 Å². The largest absolute Gasteiger partial charge is 0.472 e. The Morgan fingerprint density at radius 3 is 1.19 bits per heavy atom. The van der Waals surface area contributed by atoms with Gasteiger partial charge in [0, 0.05) is 19.3 Å².